The summed E-state index contributed by atoms with van der Waals surface area (Å²) in [5.41, 5.74) is 2.39. The van der Waals surface area contributed by atoms with Crippen LogP contribution >= 0.6 is 0 Å². The molecule has 2 rings (SSSR count). The van der Waals surface area contributed by atoms with Crippen LogP contribution in [0.5, 0.6) is 11.5 Å². The zero-order chi connectivity index (χ0) is 14.5. The van der Waals surface area contributed by atoms with Gasteiger partial charge in [0, 0.05) is 11.3 Å². The molecule has 2 N–H and O–H groups in total. The van der Waals surface area contributed by atoms with Gasteiger partial charge in [-0.3, -0.25) is 4.79 Å². The van der Waals surface area contributed by atoms with Crippen molar-refractivity contribution in [3.8, 4) is 11.5 Å². The third-order valence-corrected chi connectivity index (χ3v) is 3.03. The largest absolute Gasteiger partial charge is 0.508 e. The number of para-hydroxylation sites is 1. The highest BCUT2D eigenvalue weighted by Gasteiger charge is 2.08. The standard InChI is InChI=1S/C16H17NO3/c1-11-6-3-4-7-13(11)17-16(19)10-20-15-9-5-8-14(18)12(15)2/h3-9,18H,10H2,1-2H3,(H,17,19). The molecule has 0 aliphatic carbocycles. The second kappa shape index (κ2) is 6.10. The Morgan fingerprint density at radius 1 is 1.15 bits per heavy atom. The number of aromatic hydroxyl groups is 1. The number of ether oxygens (including phenoxy) is 1. The van der Waals surface area contributed by atoms with E-state index in [-0.39, 0.29) is 18.3 Å². The molecule has 2 aromatic rings. The number of phenols is 1. The highest BCUT2D eigenvalue weighted by Crippen LogP contribution is 2.25. The lowest BCUT2D eigenvalue weighted by Gasteiger charge is -2.11. The number of carbonyl (C=O) groups is 1. The van der Waals surface area contributed by atoms with Gasteiger partial charge in [-0.2, -0.15) is 0 Å². The minimum Gasteiger partial charge on any atom is -0.508 e. The number of carbonyl (C=O) groups excluding carboxylic acids is 1. The van der Waals surface area contributed by atoms with Crippen molar-refractivity contribution in [1.29, 1.82) is 0 Å². The first-order chi connectivity index (χ1) is 9.58. The molecule has 0 unspecified atom stereocenters. The molecule has 0 radical (unpaired) electrons. The first-order valence-corrected chi connectivity index (χ1v) is 6.35. The predicted octanol–water partition coefficient (Wildman–Crippen LogP) is 3.03. The Bertz CT molecular complexity index is 623. The Morgan fingerprint density at radius 2 is 1.90 bits per heavy atom. The van der Waals surface area contributed by atoms with E-state index < -0.39 is 0 Å². The number of benzene rings is 2. The lowest BCUT2D eigenvalue weighted by atomic mass is 10.2. The fraction of sp³-hybridized carbons (Fsp3) is 0.188. The average Bonchev–Trinajstić information content (AvgIpc) is 2.43. The van der Waals surface area contributed by atoms with E-state index in [1.165, 1.54) is 0 Å². The molecule has 0 aromatic heterocycles. The van der Waals surface area contributed by atoms with Crippen LogP contribution in [0.15, 0.2) is 42.5 Å². The van der Waals surface area contributed by atoms with E-state index in [1.54, 1.807) is 25.1 Å². The highest BCUT2D eigenvalue weighted by molar-refractivity contribution is 5.92. The van der Waals surface area contributed by atoms with Gasteiger partial charge >= 0.3 is 0 Å². The molecule has 0 aliphatic rings. The molecule has 0 heterocycles. The maximum Gasteiger partial charge on any atom is 0.262 e. The van der Waals surface area contributed by atoms with Crippen LogP contribution in [0, 0.1) is 13.8 Å². The average molecular weight is 271 g/mol. The van der Waals surface area contributed by atoms with Crippen LogP contribution < -0.4 is 10.1 Å². The van der Waals surface area contributed by atoms with E-state index in [4.69, 9.17) is 4.74 Å². The first-order valence-electron chi connectivity index (χ1n) is 6.35. The molecule has 0 fully saturated rings. The molecule has 4 nitrogen and oxygen atoms in total. The summed E-state index contributed by atoms with van der Waals surface area (Å²) >= 11 is 0. The molecular weight excluding hydrogens is 254 g/mol. The quantitative estimate of drug-likeness (QED) is 0.898. The van der Waals surface area contributed by atoms with Crippen molar-refractivity contribution < 1.29 is 14.6 Å². The van der Waals surface area contributed by atoms with E-state index in [0.29, 0.717) is 11.3 Å². The van der Waals surface area contributed by atoms with Crippen molar-refractivity contribution in [2.75, 3.05) is 11.9 Å². The molecule has 0 saturated heterocycles. The van der Waals surface area contributed by atoms with Gasteiger partial charge in [-0.05, 0) is 37.6 Å². The number of anilines is 1. The van der Waals surface area contributed by atoms with Crippen molar-refractivity contribution in [3.05, 3.63) is 53.6 Å². The van der Waals surface area contributed by atoms with Crippen molar-refractivity contribution in [2.45, 2.75) is 13.8 Å². The van der Waals surface area contributed by atoms with E-state index >= 15 is 0 Å². The lowest BCUT2D eigenvalue weighted by molar-refractivity contribution is -0.118. The van der Waals surface area contributed by atoms with Crippen LogP contribution in [-0.4, -0.2) is 17.6 Å². The topological polar surface area (TPSA) is 58.6 Å². The van der Waals surface area contributed by atoms with Gasteiger partial charge in [-0.15, -0.1) is 0 Å². The van der Waals surface area contributed by atoms with Gasteiger partial charge in [0.25, 0.3) is 5.91 Å². The molecule has 4 heteroatoms. The minimum atomic E-state index is -0.234. The summed E-state index contributed by atoms with van der Waals surface area (Å²) in [5, 5.41) is 12.3. The van der Waals surface area contributed by atoms with Crippen LogP contribution in [0.4, 0.5) is 5.69 Å². The Labute approximate surface area is 118 Å². The zero-order valence-electron chi connectivity index (χ0n) is 11.5. The normalized spacial score (nSPS) is 10.1. The van der Waals surface area contributed by atoms with E-state index in [9.17, 15) is 9.90 Å². The summed E-state index contributed by atoms with van der Waals surface area (Å²) < 4.78 is 5.42. The number of hydrogen-bond donors (Lipinski definition) is 2. The van der Waals surface area contributed by atoms with E-state index in [1.807, 2.05) is 31.2 Å². The number of hydrogen-bond acceptors (Lipinski definition) is 3. The van der Waals surface area contributed by atoms with Crippen LogP contribution in [0.2, 0.25) is 0 Å². The van der Waals surface area contributed by atoms with Gasteiger partial charge in [0.1, 0.15) is 11.5 Å². The molecule has 0 bridgehead atoms. The van der Waals surface area contributed by atoms with Gasteiger partial charge in [-0.25, -0.2) is 0 Å². The van der Waals surface area contributed by atoms with Gasteiger partial charge in [0.05, 0.1) is 0 Å². The first kappa shape index (κ1) is 13.9. The molecule has 0 aliphatic heterocycles. The fourth-order valence-electron chi connectivity index (χ4n) is 1.80. The lowest BCUT2D eigenvalue weighted by Crippen LogP contribution is -2.20. The van der Waals surface area contributed by atoms with Crippen molar-refractivity contribution in [3.63, 3.8) is 0 Å². The van der Waals surface area contributed by atoms with Crippen molar-refractivity contribution in [1.82, 2.24) is 0 Å². The second-order valence-electron chi connectivity index (χ2n) is 4.55. The Morgan fingerprint density at radius 3 is 2.65 bits per heavy atom. The second-order valence-corrected chi connectivity index (χ2v) is 4.55. The number of nitrogens with one attached hydrogen (secondary N) is 1. The molecule has 2 aromatic carbocycles. The smallest absolute Gasteiger partial charge is 0.262 e. The summed E-state index contributed by atoms with van der Waals surface area (Å²) in [4.78, 5) is 11.8. The summed E-state index contributed by atoms with van der Waals surface area (Å²) in [7, 11) is 0. The minimum absolute atomic E-state index is 0.0986. The van der Waals surface area contributed by atoms with Crippen LogP contribution in [-0.2, 0) is 4.79 Å². The number of amides is 1. The summed E-state index contributed by atoms with van der Waals surface area (Å²) in [6, 6.07) is 12.5. The van der Waals surface area contributed by atoms with Gasteiger partial charge in [0.15, 0.2) is 6.61 Å². The van der Waals surface area contributed by atoms with Crippen molar-refractivity contribution in [2.24, 2.45) is 0 Å². The third kappa shape index (κ3) is 3.29. The molecule has 0 atom stereocenters. The fourth-order valence-corrected chi connectivity index (χ4v) is 1.80. The Balaban J connectivity index is 1.96. The molecule has 1 amide bonds. The Kier molecular flexibility index (Phi) is 4.25. The van der Waals surface area contributed by atoms with Crippen LogP contribution in [0.1, 0.15) is 11.1 Å². The molecule has 0 saturated carbocycles. The van der Waals surface area contributed by atoms with E-state index in [2.05, 4.69) is 5.32 Å². The molecule has 20 heavy (non-hydrogen) atoms. The van der Waals surface area contributed by atoms with Gasteiger partial charge in [-0.1, -0.05) is 24.3 Å². The van der Waals surface area contributed by atoms with Crippen LogP contribution in [0.25, 0.3) is 0 Å². The monoisotopic (exact) mass is 271 g/mol. The summed E-state index contributed by atoms with van der Waals surface area (Å²) in [6.45, 7) is 3.57. The maximum atomic E-state index is 11.8. The predicted molar refractivity (Wildman–Crippen MR) is 78.1 cm³/mol. The van der Waals surface area contributed by atoms with Gasteiger partial charge < -0.3 is 15.2 Å². The Hall–Kier alpha value is -2.49. The van der Waals surface area contributed by atoms with Crippen molar-refractivity contribution >= 4 is 11.6 Å². The molecule has 0 spiro atoms. The van der Waals surface area contributed by atoms with Crippen LogP contribution in [0.3, 0.4) is 0 Å². The summed E-state index contributed by atoms with van der Waals surface area (Å²) in [6.07, 6.45) is 0. The molecular formula is C16H17NO3. The zero-order valence-corrected chi connectivity index (χ0v) is 11.5. The number of aryl methyl sites for hydroxylation is 1. The van der Waals surface area contributed by atoms with Gasteiger partial charge in [0.2, 0.25) is 0 Å². The third-order valence-electron chi connectivity index (χ3n) is 3.03. The SMILES string of the molecule is Cc1ccccc1NC(=O)COc1cccc(O)c1C. The maximum absolute atomic E-state index is 11.8. The summed E-state index contributed by atoms with van der Waals surface area (Å²) in [5.74, 6) is 0.425. The highest BCUT2D eigenvalue weighted by atomic mass is 16.5. The molecule has 104 valence electrons. The number of phenolic OH excluding ortho intramolecular Hbond substituents is 1. The van der Waals surface area contributed by atoms with E-state index in [0.717, 1.165) is 11.3 Å². The number of rotatable bonds is 4.